The lowest BCUT2D eigenvalue weighted by Crippen LogP contribution is -2.58. The Bertz CT molecular complexity index is 624. The third-order valence-corrected chi connectivity index (χ3v) is 3.62. The first-order chi connectivity index (χ1) is 9.81. The summed E-state index contributed by atoms with van der Waals surface area (Å²) < 4.78 is 0. The maximum Gasteiger partial charge on any atom is 0.243 e. The minimum Gasteiger partial charge on any atom is -0.357 e. The van der Waals surface area contributed by atoms with Crippen LogP contribution in [0.3, 0.4) is 0 Å². The number of rotatable bonds is 2. The molecule has 0 aliphatic carbocycles. The zero-order valence-corrected chi connectivity index (χ0v) is 11.3. The van der Waals surface area contributed by atoms with E-state index in [2.05, 4.69) is 20.8 Å². The highest BCUT2D eigenvalue weighted by Gasteiger charge is 2.30. The van der Waals surface area contributed by atoms with Crippen molar-refractivity contribution in [3.63, 3.8) is 0 Å². The van der Waals surface area contributed by atoms with Gasteiger partial charge in [-0.25, -0.2) is 0 Å². The molecule has 2 N–H and O–H groups in total. The highest BCUT2D eigenvalue weighted by molar-refractivity contribution is 5.94. The molecule has 2 heterocycles. The molecule has 1 unspecified atom stereocenters. The first-order valence-electron chi connectivity index (χ1n) is 6.70. The van der Waals surface area contributed by atoms with Crippen LogP contribution in [-0.4, -0.2) is 48.8 Å². The van der Waals surface area contributed by atoms with Crippen molar-refractivity contribution in [1.82, 2.24) is 20.8 Å². The van der Waals surface area contributed by atoms with E-state index in [-0.39, 0.29) is 11.9 Å². The van der Waals surface area contributed by atoms with Crippen LogP contribution in [0.5, 0.6) is 0 Å². The Morgan fingerprint density at radius 3 is 3.15 bits per heavy atom. The van der Waals surface area contributed by atoms with Crippen LogP contribution in [0.15, 0.2) is 30.5 Å². The van der Waals surface area contributed by atoms with Crippen molar-refractivity contribution in [2.75, 3.05) is 31.6 Å². The molecule has 3 rings (SSSR count). The Morgan fingerprint density at radius 1 is 1.45 bits per heavy atom. The Labute approximate surface area is 117 Å². The molecule has 1 saturated heterocycles. The van der Waals surface area contributed by atoms with Gasteiger partial charge in [-0.15, -0.1) is 5.10 Å². The Kier molecular flexibility index (Phi) is 3.47. The van der Waals surface area contributed by atoms with Gasteiger partial charge in [0, 0.05) is 37.5 Å². The van der Waals surface area contributed by atoms with Crippen LogP contribution in [0.2, 0.25) is 0 Å². The van der Waals surface area contributed by atoms with Crippen molar-refractivity contribution in [1.29, 1.82) is 0 Å². The average molecular weight is 271 g/mol. The van der Waals surface area contributed by atoms with Crippen LogP contribution in [0.1, 0.15) is 0 Å². The summed E-state index contributed by atoms with van der Waals surface area (Å²) in [5, 5.41) is 16.4. The van der Waals surface area contributed by atoms with E-state index < -0.39 is 0 Å². The van der Waals surface area contributed by atoms with Gasteiger partial charge in [0.15, 0.2) is 5.82 Å². The summed E-state index contributed by atoms with van der Waals surface area (Å²) in [5.74, 6) is 0.769. The van der Waals surface area contributed by atoms with Gasteiger partial charge < -0.3 is 15.5 Å². The molecule has 6 heteroatoms. The number of benzene rings is 1. The lowest BCUT2D eigenvalue weighted by Gasteiger charge is -2.35. The number of nitrogens with zero attached hydrogens (tertiary/aromatic N) is 3. The predicted octanol–water partition coefficient (Wildman–Crippen LogP) is 0.154. The first kappa shape index (κ1) is 12.8. The molecule has 0 radical (unpaired) electrons. The molecule has 1 aliphatic rings. The van der Waals surface area contributed by atoms with Crippen LogP contribution in [0.4, 0.5) is 5.82 Å². The van der Waals surface area contributed by atoms with E-state index in [1.165, 1.54) is 0 Å². The predicted molar refractivity (Wildman–Crippen MR) is 77.6 cm³/mol. The van der Waals surface area contributed by atoms with E-state index >= 15 is 0 Å². The zero-order valence-electron chi connectivity index (χ0n) is 11.3. The minimum absolute atomic E-state index is 0.00747. The topological polar surface area (TPSA) is 70.2 Å². The van der Waals surface area contributed by atoms with Gasteiger partial charge >= 0.3 is 0 Å². The number of piperazine rings is 1. The fourth-order valence-corrected chi connectivity index (χ4v) is 2.58. The van der Waals surface area contributed by atoms with E-state index in [1.807, 2.05) is 29.2 Å². The van der Waals surface area contributed by atoms with E-state index in [9.17, 15) is 4.79 Å². The van der Waals surface area contributed by atoms with Crippen molar-refractivity contribution < 1.29 is 4.79 Å². The number of hydrogen-bond acceptors (Lipinski definition) is 5. The number of carbonyl (C=O) groups excluding carboxylic acids is 1. The molecule has 2 aromatic rings. The summed E-state index contributed by atoms with van der Waals surface area (Å²) in [6.07, 6.45) is 1.75. The number of hydrogen-bond donors (Lipinski definition) is 2. The van der Waals surface area contributed by atoms with Crippen LogP contribution in [0, 0.1) is 0 Å². The van der Waals surface area contributed by atoms with Crippen molar-refractivity contribution in [3.05, 3.63) is 30.5 Å². The van der Waals surface area contributed by atoms with E-state index in [0.29, 0.717) is 6.54 Å². The Hall–Kier alpha value is -2.21. The van der Waals surface area contributed by atoms with E-state index in [4.69, 9.17) is 0 Å². The van der Waals surface area contributed by atoms with Gasteiger partial charge in [0.05, 0.1) is 6.20 Å². The zero-order chi connectivity index (χ0) is 13.9. The van der Waals surface area contributed by atoms with Crippen molar-refractivity contribution >= 4 is 22.5 Å². The number of anilines is 1. The molecule has 0 saturated carbocycles. The highest BCUT2D eigenvalue weighted by Crippen LogP contribution is 2.25. The number of amides is 1. The molecular formula is C14H17N5O. The standard InChI is InChI=1S/C14H17N5O/c1-15-14(20)12-9-16-6-7-19(12)13-11-5-3-2-4-10(11)8-17-18-13/h2-5,8,12,16H,6-7,9H2,1H3,(H,15,20). The largest absolute Gasteiger partial charge is 0.357 e. The fraction of sp³-hybridized carbons (Fsp3) is 0.357. The third-order valence-electron chi connectivity index (χ3n) is 3.62. The maximum atomic E-state index is 12.0. The second-order valence-corrected chi connectivity index (χ2v) is 4.78. The van der Waals surface area contributed by atoms with Crippen molar-refractivity contribution in [3.8, 4) is 0 Å². The molecule has 1 amide bonds. The second-order valence-electron chi connectivity index (χ2n) is 4.78. The second kappa shape index (κ2) is 5.42. The lowest BCUT2D eigenvalue weighted by atomic mass is 10.1. The van der Waals surface area contributed by atoms with E-state index in [0.717, 1.165) is 29.7 Å². The number of nitrogens with one attached hydrogen (secondary N) is 2. The van der Waals surface area contributed by atoms with Crippen LogP contribution in [0.25, 0.3) is 10.8 Å². The molecule has 6 nitrogen and oxygen atoms in total. The van der Waals surface area contributed by atoms with Gasteiger partial charge in [0.25, 0.3) is 0 Å². The average Bonchev–Trinajstić information content (AvgIpc) is 2.53. The number of fused-ring (bicyclic) bond motifs is 1. The molecular weight excluding hydrogens is 254 g/mol. The van der Waals surface area contributed by atoms with Gasteiger partial charge in [-0.1, -0.05) is 24.3 Å². The van der Waals surface area contributed by atoms with Gasteiger partial charge in [0.2, 0.25) is 5.91 Å². The summed E-state index contributed by atoms with van der Waals surface area (Å²) in [4.78, 5) is 14.1. The lowest BCUT2D eigenvalue weighted by molar-refractivity contribution is -0.122. The minimum atomic E-state index is -0.256. The van der Waals surface area contributed by atoms with E-state index in [1.54, 1.807) is 13.2 Å². The summed E-state index contributed by atoms with van der Waals surface area (Å²) in [5.41, 5.74) is 0. The quantitative estimate of drug-likeness (QED) is 0.814. The normalized spacial score (nSPS) is 19.1. The summed E-state index contributed by atoms with van der Waals surface area (Å²) >= 11 is 0. The molecule has 20 heavy (non-hydrogen) atoms. The highest BCUT2D eigenvalue weighted by atomic mass is 16.2. The van der Waals surface area contributed by atoms with Gasteiger partial charge in [-0.2, -0.15) is 5.10 Å². The van der Waals surface area contributed by atoms with Gasteiger partial charge in [-0.3, -0.25) is 4.79 Å². The summed E-state index contributed by atoms with van der Waals surface area (Å²) in [6.45, 7) is 2.18. The van der Waals surface area contributed by atoms with Gasteiger partial charge in [-0.05, 0) is 0 Å². The molecule has 0 bridgehead atoms. The Morgan fingerprint density at radius 2 is 2.30 bits per heavy atom. The Balaban J connectivity index is 2.06. The van der Waals surface area contributed by atoms with Crippen LogP contribution in [-0.2, 0) is 4.79 Å². The van der Waals surface area contributed by atoms with Crippen molar-refractivity contribution in [2.45, 2.75) is 6.04 Å². The monoisotopic (exact) mass is 271 g/mol. The van der Waals surface area contributed by atoms with Crippen molar-refractivity contribution in [2.24, 2.45) is 0 Å². The van der Waals surface area contributed by atoms with Crippen LogP contribution < -0.4 is 15.5 Å². The maximum absolute atomic E-state index is 12.0. The molecule has 0 spiro atoms. The SMILES string of the molecule is CNC(=O)C1CNCCN1c1nncc2ccccc12. The summed E-state index contributed by atoms with van der Waals surface area (Å²) in [6, 6.07) is 7.72. The third kappa shape index (κ3) is 2.18. The number of aromatic nitrogens is 2. The molecule has 1 aromatic carbocycles. The van der Waals surface area contributed by atoms with Gasteiger partial charge in [0.1, 0.15) is 6.04 Å². The molecule has 104 valence electrons. The smallest absolute Gasteiger partial charge is 0.243 e. The van der Waals surface area contributed by atoms with Crippen LogP contribution >= 0.6 is 0 Å². The summed E-state index contributed by atoms with van der Waals surface area (Å²) in [7, 11) is 1.66. The number of likely N-dealkylation sites (N-methyl/N-ethyl adjacent to an activating group) is 1. The first-order valence-corrected chi connectivity index (χ1v) is 6.70. The molecule has 1 atom stereocenters. The molecule has 1 fully saturated rings. The molecule has 1 aliphatic heterocycles. The molecule has 1 aromatic heterocycles. The number of carbonyl (C=O) groups is 1. The fourth-order valence-electron chi connectivity index (χ4n) is 2.58.